The van der Waals surface area contributed by atoms with Gasteiger partial charge in [0, 0.05) is 11.6 Å². The Morgan fingerprint density at radius 1 is 1.35 bits per heavy atom. The summed E-state index contributed by atoms with van der Waals surface area (Å²) in [5.41, 5.74) is 1.00. The topological polar surface area (TPSA) is 68.1 Å². The minimum absolute atomic E-state index is 0.245. The number of halogens is 1. The van der Waals surface area contributed by atoms with Crippen LogP contribution in [0.25, 0.3) is 11.3 Å². The van der Waals surface area contributed by atoms with Gasteiger partial charge in [0.15, 0.2) is 5.82 Å². The van der Waals surface area contributed by atoms with Gasteiger partial charge in [-0.2, -0.15) is 0 Å². The fourth-order valence-electron chi connectivity index (χ4n) is 1.66. The molecule has 0 aromatic carbocycles. The molecule has 2 aromatic heterocycles. The molecule has 104 valence electrons. The van der Waals surface area contributed by atoms with Gasteiger partial charge >= 0.3 is 0 Å². The van der Waals surface area contributed by atoms with E-state index in [-0.39, 0.29) is 5.56 Å². The number of methoxy groups -OCH3 is 1. The van der Waals surface area contributed by atoms with Crippen molar-refractivity contribution in [3.63, 3.8) is 0 Å². The Bertz CT molecular complexity index is 602. The van der Waals surface area contributed by atoms with E-state index in [1.165, 1.54) is 25.6 Å². The molecule has 0 bridgehead atoms. The smallest absolute Gasteiger partial charge is 0.213 e. The summed E-state index contributed by atoms with van der Waals surface area (Å²) in [5.74, 6) is -0.224. The molecule has 0 spiro atoms. The second-order valence-electron chi connectivity index (χ2n) is 4.07. The van der Waals surface area contributed by atoms with Gasteiger partial charge in [-0.1, -0.05) is 6.08 Å². The van der Waals surface area contributed by atoms with Gasteiger partial charge in [-0.05, 0) is 6.42 Å². The summed E-state index contributed by atoms with van der Waals surface area (Å²) >= 11 is 0. The summed E-state index contributed by atoms with van der Waals surface area (Å²) in [4.78, 5) is 11.9. The highest BCUT2D eigenvalue weighted by Gasteiger charge is 2.12. The molecule has 1 N–H and O–H groups in total. The Kier molecular flexibility index (Phi) is 4.37. The van der Waals surface area contributed by atoms with E-state index in [4.69, 9.17) is 4.74 Å². The van der Waals surface area contributed by atoms with Crippen LogP contribution in [0.15, 0.2) is 37.3 Å². The molecule has 5 nitrogen and oxygen atoms in total. The third kappa shape index (κ3) is 2.97. The van der Waals surface area contributed by atoms with Gasteiger partial charge in [0.05, 0.1) is 37.1 Å². The van der Waals surface area contributed by atoms with Gasteiger partial charge in [-0.3, -0.25) is 9.97 Å². The largest absolute Gasteiger partial charge is 0.481 e. The van der Waals surface area contributed by atoms with E-state index in [1.54, 1.807) is 6.08 Å². The van der Waals surface area contributed by atoms with E-state index in [0.717, 1.165) is 6.20 Å². The van der Waals surface area contributed by atoms with Crippen molar-refractivity contribution in [3.8, 4) is 17.1 Å². The highest BCUT2D eigenvalue weighted by atomic mass is 19.1. The number of rotatable bonds is 5. The standard InChI is InChI=1S/C14H14FN3O2/c1-3-4-13(19)12-8-16-11(7-17-12)9-5-14(20-2)18-6-10(9)15/h3,5-8,13,19H,1,4H2,2H3/t13-/m1/s1. The molecule has 0 amide bonds. The number of aromatic nitrogens is 3. The molecular weight excluding hydrogens is 261 g/mol. The van der Waals surface area contributed by atoms with Gasteiger partial charge < -0.3 is 9.84 Å². The summed E-state index contributed by atoms with van der Waals surface area (Å²) in [7, 11) is 1.45. The van der Waals surface area contributed by atoms with Crippen LogP contribution in [0, 0.1) is 5.82 Å². The highest BCUT2D eigenvalue weighted by molar-refractivity contribution is 5.59. The van der Waals surface area contributed by atoms with E-state index < -0.39 is 11.9 Å². The number of aliphatic hydroxyl groups excluding tert-OH is 1. The zero-order chi connectivity index (χ0) is 14.5. The Morgan fingerprint density at radius 2 is 2.15 bits per heavy atom. The lowest BCUT2D eigenvalue weighted by molar-refractivity contribution is 0.176. The number of nitrogens with zero attached hydrogens (tertiary/aromatic N) is 3. The Morgan fingerprint density at radius 3 is 2.75 bits per heavy atom. The first-order valence-electron chi connectivity index (χ1n) is 5.96. The van der Waals surface area contributed by atoms with Crippen LogP contribution in [-0.2, 0) is 0 Å². The predicted octanol–water partition coefficient (Wildman–Crippen LogP) is 2.30. The number of aliphatic hydroxyl groups is 1. The van der Waals surface area contributed by atoms with E-state index >= 15 is 0 Å². The molecule has 2 heterocycles. The average molecular weight is 275 g/mol. The van der Waals surface area contributed by atoms with Crippen molar-refractivity contribution in [1.29, 1.82) is 0 Å². The van der Waals surface area contributed by atoms with Crippen molar-refractivity contribution in [2.75, 3.05) is 7.11 Å². The molecular formula is C14H14FN3O2. The number of ether oxygens (including phenoxy) is 1. The van der Waals surface area contributed by atoms with E-state index in [9.17, 15) is 9.50 Å². The fourth-order valence-corrected chi connectivity index (χ4v) is 1.66. The maximum absolute atomic E-state index is 13.7. The van der Waals surface area contributed by atoms with Gasteiger partial charge in [-0.15, -0.1) is 6.58 Å². The predicted molar refractivity (Wildman–Crippen MR) is 71.5 cm³/mol. The fraction of sp³-hybridized carbons (Fsp3) is 0.214. The summed E-state index contributed by atoms with van der Waals surface area (Å²) in [6.07, 6.45) is 5.09. The molecule has 0 unspecified atom stereocenters. The second kappa shape index (κ2) is 6.21. The molecule has 0 saturated heterocycles. The monoisotopic (exact) mass is 275 g/mol. The first-order valence-corrected chi connectivity index (χ1v) is 5.96. The van der Waals surface area contributed by atoms with Crippen molar-refractivity contribution < 1.29 is 14.2 Å². The zero-order valence-electron chi connectivity index (χ0n) is 11.0. The molecule has 0 fully saturated rings. The van der Waals surface area contributed by atoms with Crippen LogP contribution in [0.3, 0.4) is 0 Å². The van der Waals surface area contributed by atoms with Crippen molar-refractivity contribution in [1.82, 2.24) is 15.0 Å². The Balaban J connectivity index is 2.32. The van der Waals surface area contributed by atoms with Crippen LogP contribution in [0.1, 0.15) is 18.2 Å². The van der Waals surface area contributed by atoms with Crippen molar-refractivity contribution in [3.05, 3.63) is 48.8 Å². The molecule has 1 atom stereocenters. The van der Waals surface area contributed by atoms with Crippen molar-refractivity contribution in [2.45, 2.75) is 12.5 Å². The third-order valence-corrected chi connectivity index (χ3v) is 2.72. The van der Waals surface area contributed by atoms with Crippen LogP contribution in [-0.4, -0.2) is 27.2 Å². The van der Waals surface area contributed by atoms with E-state index in [0.29, 0.717) is 23.7 Å². The van der Waals surface area contributed by atoms with Crippen LogP contribution < -0.4 is 4.74 Å². The van der Waals surface area contributed by atoms with E-state index in [1.807, 2.05) is 0 Å². The van der Waals surface area contributed by atoms with Gasteiger partial charge in [0.2, 0.25) is 5.88 Å². The first-order chi connectivity index (χ1) is 9.65. The van der Waals surface area contributed by atoms with Crippen LogP contribution in [0.4, 0.5) is 4.39 Å². The molecule has 2 rings (SSSR count). The normalized spacial score (nSPS) is 11.9. The molecule has 0 aliphatic carbocycles. The second-order valence-corrected chi connectivity index (χ2v) is 4.07. The van der Waals surface area contributed by atoms with Crippen LogP contribution >= 0.6 is 0 Å². The maximum atomic E-state index is 13.7. The van der Waals surface area contributed by atoms with Gasteiger partial charge in [-0.25, -0.2) is 9.37 Å². The summed E-state index contributed by atoms with van der Waals surface area (Å²) < 4.78 is 18.7. The molecule has 0 radical (unpaired) electrons. The van der Waals surface area contributed by atoms with Gasteiger partial charge in [0.25, 0.3) is 0 Å². The average Bonchev–Trinajstić information content (AvgIpc) is 2.48. The summed E-state index contributed by atoms with van der Waals surface area (Å²) in [5, 5.41) is 9.74. The molecule has 0 aliphatic rings. The highest BCUT2D eigenvalue weighted by Crippen LogP contribution is 2.24. The number of hydrogen-bond acceptors (Lipinski definition) is 5. The van der Waals surface area contributed by atoms with Crippen LogP contribution in [0.2, 0.25) is 0 Å². The van der Waals surface area contributed by atoms with Crippen molar-refractivity contribution >= 4 is 0 Å². The first kappa shape index (κ1) is 14.1. The lowest BCUT2D eigenvalue weighted by atomic mass is 10.1. The van der Waals surface area contributed by atoms with Crippen LogP contribution in [0.5, 0.6) is 5.88 Å². The number of hydrogen-bond donors (Lipinski definition) is 1. The van der Waals surface area contributed by atoms with Gasteiger partial charge in [0.1, 0.15) is 6.10 Å². The SMILES string of the molecule is C=CC[C@@H](O)c1cnc(-c2cc(OC)ncc2F)cn1. The lowest BCUT2D eigenvalue weighted by Crippen LogP contribution is -2.01. The maximum Gasteiger partial charge on any atom is 0.213 e. The molecule has 0 aliphatic heterocycles. The minimum atomic E-state index is -0.758. The lowest BCUT2D eigenvalue weighted by Gasteiger charge is -2.08. The summed E-state index contributed by atoms with van der Waals surface area (Å²) in [6.45, 7) is 3.54. The molecule has 6 heteroatoms. The minimum Gasteiger partial charge on any atom is -0.481 e. The molecule has 2 aromatic rings. The van der Waals surface area contributed by atoms with E-state index in [2.05, 4.69) is 21.5 Å². The van der Waals surface area contributed by atoms with Crippen molar-refractivity contribution in [2.24, 2.45) is 0 Å². The zero-order valence-corrected chi connectivity index (χ0v) is 11.0. The third-order valence-electron chi connectivity index (χ3n) is 2.72. The Hall–Kier alpha value is -2.34. The molecule has 20 heavy (non-hydrogen) atoms. The quantitative estimate of drug-likeness (QED) is 0.848. The summed E-state index contributed by atoms with van der Waals surface area (Å²) in [6, 6.07) is 1.44. The number of pyridine rings is 1. The Labute approximate surface area is 115 Å². The molecule has 0 saturated carbocycles.